The van der Waals surface area contributed by atoms with Crippen molar-refractivity contribution in [2.75, 3.05) is 19.7 Å². The van der Waals surface area contributed by atoms with Gasteiger partial charge in [0, 0.05) is 18.7 Å². The molecular formula is C11H24N2O. The zero-order chi connectivity index (χ0) is 10.4. The van der Waals surface area contributed by atoms with Gasteiger partial charge in [0.1, 0.15) is 0 Å². The normalized spacial score (nSPS) is 33.2. The van der Waals surface area contributed by atoms with Crippen molar-refractivity contribution in [3.05, 3.63) is 0 Å². The van der Waals surface area contributed by atoms with Crippen molar-refractivity contribution in [1.29, 1.82) is 0 Å². The molecule has 0 amide bonds. The Morgan fingerprint density at radius 3 is 2.43 bits per heavy atom. The van der Waals surface area contributed by atoms with E-state index in [1.165, 1.54) is 0 Å². The third-order valence-corrected chi connectivity index (χ3v) is 3.23. The number of hydrogen-bond donors (Lipinski definition) is 2. The summed E-state index contributed by atoms with van der Waals surface area (Å²) in [5, 5.41) is 3.53. The quantitative estimate of drug-likeness (QED) is 0.702. The molecule has 0 bridgehead atoms. The molecule has 1 aliphatic rings. The smallest absolute Gasteiger partial charge is 0.0576 e. The lowest BCUT2D eigenvalue weighted by atomic mass is 9.80. The molecule has 0 aliphatic heterocycles. The SMILES string of the molecule is CCNC1(CN)CCC(OCC)CC1. The molecular weight excluding hydrogens is 176 g/mol. The second kappa shape index (κ2) is 5.69. The summed E-state index contributed by atoms with van der Waals surface area (Å²) in [6, 6.07) is 0. The van der Waals surface area contributed by atoms with Crippen molar-refractivity contribution in [2.24, 2.45) is 5.73 Å². The monoisotopic (exact) mass is 200 g/mol. The molecule has 84 valence electrons. The maximum atomic E-state index is 5.84. The van der Waals surface area contributed by atoms with Crippen LogP contribution < -0.4 is 11.1 Å². The van der Waals surface area contributed by atoms with Crippen molar-refractivity contribution in [1.82, 2.24) is 5.32 Å². The van der Waals surface area contributed by atoms with Gasteiger partial charge in [-0.3, -0.25) is 0 Å². The third-order valence-electron chi connectivity index (χ3n) is 3.23. The van der Waals surface area contributed by atoms with Crippen LogP contribution in [0.2, 0.25) is 0 Å². The lowest BCUT2D eigenvalue weighted by Gasteiger charge is -2.40. The van der Waals surface area contributed by atoms with Gasteiger partial charge >= 0.3 is 0 Å². The molecule has 1 aliphatic carbocycles. The van der Waals surface area contributed by atoms with E-state index in [2.05, 4.69) is 19.2 Å². The van der Waals surface area contributed by atoms with Gasteiger partial charge in [-0.1, -0.05) is 6.92 Å². The first kappa shape index (κ1) is 12.0. The standard InChI is InChI=1S/C11H24N2O/c1-3-13-11(9-12)7-5-10(6-8-11)14-4-2/h10,13H,3-9,12H2,1-2H3. The maximum absolute atomic E-state index is 5.84. The van der Waals surface area contributed by atoms with E-state index < -0.39 is 0 Å². The molecule has 3 heteroatoms. The first-order chi connectivity index (χ1) is 6.76. The minimum Gasteiger partial charge on any atom is -0.379 e. The highest BCUT2D eigenvalue weighted by Crippen LogP contribution is 2.29. The summed E-state index contributed by atoms with van der Waals surface area (Å²) in [4.78, 5) is 0. The number of hydrogen-bond acceptors (Lipinski definition) is 3. The van der Waals surface area contributed by atoms with Crippen molar-refractivity contribution in [2.45, 2.75) is 51.2 Å². The highest BCUT2D eigenvalue weighted by atomic mass is 16.5. The van der Waals surface area contributed by atoms with E-state index in [0.717, 1.165) is 45.4 Å². The van der Waals surface area contributed by atoms with Gasteiger partial charge in [-0.2, -0.15) is 0 Å². The maximum Gasteiger partial charge on any atom is 0.0576 e. The largest absolute Gasteiger partial charge is 0.379 e. The van der Waals surface area contributed by atoms with E-state index in [0.29, 0.717) is 6.10 Å². The molecule has 1 rings (SSSR count). The zero-order valence-electron chi connectivity index (χ0n) is 9.51. The number of likely N-dealkylation sites (N-methyl/N-ethyl adjacent to an activating group) is 1. The second-order valence-electron chi connectivity index (χ2n) is 4.17. The summed E-state index contributed by atoms with van der Waals surface area (Å²) in [7, 11) is 0. The fourth-order valence-electron chi connectivity index (χ4n) is 2.37. The number of rotatable bonds is 5. The summed E-state index contributed by atoms with van der Waals surface area (Å²) < 4.78 is 5.63. The fraction of sp³-hybridized carbons (Fsp3) is 1.00. The van der Waals surface area contributed by atoms with E-state index in [1.54, 1.807) is 0 Å². The molecule has 0 radical (unpaired) electrons. The molecule has 1 fully saturated rings. The molecule has 0 unspecified atom stereocenters. The molecule has 0 aromatic carbocycles. The predicted octanol–water partition coefficient (Wildman–Crippen LogP) is 1.27. The second-order valence-corrected chi connectivity index (χ2v) is 4.17. The van der Waals surface area contributed by atoms with Crippen molar-refractivity contribution < 1.29 is 4.74 Å². The Balaban J connectivity index is 2.38. The Hall–Kier alpha value is -0.120. The van der Waals surface area contributed by atoms with Crippen LogP contribution in [0.1, 0.15) is 39.5 Å². The predicted molar refractivity (Wildman–Crippen MR) is 59.3 cm³/mol. The van der Waals surface area contributed by atoms with Gasteiger partial charge in [0.25, 0.3) is 0 Å². The van der Waals surface area contributed by atoms with Crippen molar-refractivity contribution >= 4 is 0 Å². The first-order valence-electron chi connectivity index (χ1n) is 5.83. The van der Waals surface area contributed by atoms with Crippen LogP contribution in [-0.4, -0.2) is 31.3 Å². The molecule has 3 N–H and O–H groups in total. The molecule has 0 saturated heterocycles. The lowest BCUT2D eigenvalue weighted by molar-refractivity contribution is 0.0159. The molecule has 0 aromatic heterocycles. The highest BCUT2D eigenvalue weighted by molar-refractivity contribution is 4.93. The molecule has 0 atom stereocenters. The Morgan fingerprint density at radius 2 is 2.00 bits per heavy atom. The van der Waals surface area contributed by atoms with E-state index in [4.69, 9.17) is 10.5 Å². The van der Waals surface area contributed by atoms with Gasteiger partial charge in [-0.05, 0) is 39.2 Å². The van der Waals surface area contributed by atoms with Crippen LogP contribution in [0.25, 0.3) is 0 Å². The topological polar surface area (TPSA) is 47.3 Å². The van der Waals surface area contributed by atoms with E-state index in [9.17, 15) is 0 Å². The summed E-state index contributed by atoms with van der Waals surface area (Å²) in [5.41, 5.74) is 6.04. The Kier molecular flexibility index (Phi) is 4.85. The Bertz CT molecular complexity index is 153. The number of ether oxygens (including phenoxy) is 1. The van der Waals surface area contributed by atoms with E-state index >= 15 is 0 Å². The van der Waals surface area contributed by atoms with Gasteiger partial charge in [0.05, 0.1) is 6.10 Å². The van der Waals surface area contributed by atoms with Crippen LogP contribution >= 0.6 is 0 Å². The van der Waals surface area contributed by atoms with Crippen LogP contribution in [0.5, 0.6) is 0 Å². The third kappa shape index (κ3) is 2.94. The van der Waals surface area contributed by atoms with Gasteiger partial charge in [-0.25, -0.2) is 0 Å². The molecule has 0 heterocycles. The lowest BCUT2D eigenvalue weighted by Crippen LogP contribution is -2.54. The molecule has 0 aromatic rings. The Labute approximate surface area is 87.4 Å². The van der Waals surface area contributed by atoms with Crippen LogP contribution in [0, 0.1) is 0 Å². The van der Waals surface area contributed by atoms with Crippen LogP contribution in [0.4, 0.5) is 0 Å². The van der Waals surface area contributed by atoms with Crippen molar-refractivity contribution in [3.63, 3.8) is 0 Å². The van der Waals surface area contributed by atoms with Crippen LogP contribution in [0.15, 0.2) is 0 Å². The fourth-order valence-corrected chi connectivity index (χ4v) is 2.37. The van der Waals surface area contributed by atoms with Gasteiger partial charge in [-0.15, -0.1) is 0 Å². The average Bonchev–Trinajstić information content (AvgIpc) is 2.22. The van der Waals surface area contributed by atoms with Gasteiger partial charge < -0.3 is 15.8 Å². The van der Waals surface area contributed by atoms with Crippen LogP contribution in [-0.2, 0) is 4.74 Å². The molecule has 14 heavy (non-hydrogen) atoms. The average molecular weight is 200 g/mol. The van der Waals surface area contributed by atoms with Crippen LogP contribution in [0.3, 0.4) is 0 Å². The molecule has 0 spiro atoms. The number of nitrogens with one attached hydrogen (secondary N) is 1. The minimum absolute atomic E-state index is 0.197. The van der Waals surface area contributed by atoms with E-state index in [-0.39, 0.29) is 5.54 Å². The summed E-state index contributed by atoms with van der Waals surface area (Å²) >= 11 is 0. The summed E-state index contributed by atoms with van der Waals surface area (Å²) in [6.45, 7) is 6.80. The van der Waals surface area contributed by atoms with Crippen molar-refractivity contribution in [3.8, 4) is 0 Å². The molecule has 1 saturated carbocycles. The van der Waals surface area contributed by atoms with Gasteiger partial charge in [0.2, 0.25) is 0 Å². The highest BCUT2D eigenvalue weighted by Gasteiger charge is 2.33. The minimum atomic E-state index is 0.197. The number of nitrogens with two attached hydrogens (primary N) is 1. The molecule has 3 nitrogen and oxygen atoms in total. The first-order valence-corrected chi connectivity index (χ1v) is 5.83. The van der Waals surface area contributed by atoms with Gasteiger partial charge in [0.15, 0.2) is 0 Å². The summed E-state index contributed by atoms with van der Waals surface area (Å²) in [6.07, 6.45) is 5.08. The summed E-state index contributed by atoms with van der Waals surface area (Å²) in [5.74, 6) is 0. The Morgan fingerprint density at radius 1 is 1.36 bits per heavy atom. The van der Waals surface area contributed by atoms with E-state index in [1.807, 2.05) is 0 Å². The zero-order valence-corrected chi connectivity index (χ0v) is 9.51.